The van der Waals surface area contributed by atoms with Gasteiger partial charge in [0.05, 0.1) is 0 Å². The second-order valence-electron chi connectivity index (χ2n) is 23.5. The minimum Gasteiger partial charge on any atom is -0.489 e. The summed E-state index contributed by atoms with van der Waals surface area (Å²) in [7, 11) is 0. The Morgan fingerprint density at radius 1 is 0.402 bits per heavy atom. The van der Waals surface area contributed by atoms with Gasteiger partial charge in [0.1, 0.15) is 60.1 Å². The lowest BCUT2D eigenvalue weighted by molar-refractivity contribution is -0.131. The van der Waals surface area contributed by atoms with Gasteiger partial charge in [0.15, 0.2) is 0 Å². The van der Waals surface area contributed by atoms with Crippen molar-refractivity contribution in [3.63, 3.8) is 0 Å². The molecule has 16 nitrogen and oxygen atoms in total. The predicted octanol–water partition coefficient (Wildman–Crippen LogP) is 11.6. The zero-order chi connectivity index (χ0) is 59.9. The van der Waals surface area contributed by atoms with Crippen LogP contribution in [0.25, 0.3) is 0 Å². The van der Waals surface area contributed by atoms with Gasteiger partial charge in [0, 0.05) is 25.9 Å². The number of nitrogens with one attached hydrogen (secondary N) is 6. The zero-order valence-corrected chi connectivity index (χ0v) is 50.7. The van der Waals surface area contributed by atoms with Gasteiger partial charge in [0.25, 0.3) is 0 Å². The fourth-order valence-corrected chi connectivity index (χ4v) is 8.93. The lowest BCUT2D eigenvalue weighted by atomic mass is 9.97. The van der Waals surface area contributed by atoms with Crippen molar-refractivity contribution in [2.75, 3.05) is 13.1 Å². The van der Waals surface area contributed by atoms with E-state index in [1.807, 2.05) is 137 Å². The first-order valence-electron chi connectivity index (χ1n) is 29.8. The number of rotatable bonds is 35. The monoisotopic (exact) mass is 1130 g/mol. The Labute approximate surface area is 489 Å². The van der Waals surface area contributed by atoms with Crippen LogP contribution in [0, 0.1) is 11.8 Å². The summed E-state index contributed by atoms with van der Waals surface area (Å²) in [6.07, 6.45) is 10.3. The molecule has 0 radical (unpaired) electrons. The topological polar surface area (TPSA) is 212 Å². The highest BCUT2D eigenvalue weighted by molar-refractivity contribution is 5.92. The van der Waals surface area contributed by atoms with E-state index in [9.17, 15) is 28.8 Å². The second kappa shape index (κ2) is 35.7. The molecule has 0 aromatic heterocycles. The Bertz CT molecular complexity index is 2340. The minimum absolute atomic E-state index is 0.156. The van der Waals surface area contributed by atoms with E-state index in [-0.39, 0.29) is 36.5 Å². The average Bonchev–Trinajstić information content (AvgIpc) is 3.48. The van der Waals surface area contributed by atoms with Crippen molar-refractivity contribution in [1.82, 2.24) is 31.9 Å². The molecule has 4 aromatic rings. The van der Waals surface area contributed by atoms with Gasteiger partial charge in [-0.05, 0) is 113 Å². The molecule has 6 amide bonds. The molecule has 0 fully saturated rings. The average molecular weight is 1130 g/mol. The maximum absolute atomic E-state index is 13.9. The Kier molecular flexibility index (Phi) is 29.3. The smallest absolute Gasteiger partial charge is 0.408 e. The minimum atomic E-state index is -0.999. The highest BCUT2D eigenvalue weighted by Gasteiger charge is 2.33. The van der Waals surface area contributed by atoms with Crippen LogP contribution in [0.3, 0.4) is 0 Å². The Morgan fingerprint density at radius 2 is 0.720 bits per heavy atom. The number of benzene rings is 4. The molecule has 0 aliphatic carbocycles. The number of ether oxygens (including phenoxy) is 4. The molecule has 0 saturated heterocycles. The summed E-state index contributed by atoms with van der Waals surface area (Å²) < 4.78 is 22.9. The van der Waals surface area contributed by atoms with Crippen LogP contribution in [0.2, 0.25) is 0 Å². The molecule has 4 aromatic carbocycles. The van der Waals surface area contributed by atoms with E-state index in [0.717, 1.165) is 86.5 Å². The van der Waals surface area contributed by atoms with Gasteiger partial charge in [-0.2, -0.15) is 0 Å². The second-order valence-corrected chi connectivity index (χ2v) is 23.5. The molecular formula is C66H96N6O10. The van der Waals surface area contributed by atoms with Gasteiger partial charge in [-0.15, -0.1) is 0 Å². The molecule has 0 spiro atoms. The van der Waals surface area contributed by atoms with Crippen LogP contribution in [-0.2, 0) is 54.7 Å². The number of hydrogen-bond donors (Lipinski definition) is 6. The van der Waals surface area contributed by atoms with Crippen LogP contribution in [-0.4, -0.2) is 84.3 Å². The van der Waals surface area contributed by atoms with Gasteiger partial charge in [0.2, 0.25) is 23.6 Å². The zero-order valence-electron chi connectivity index (χ0n) is 50.7. The Hall–Kier alpha value is -7.10. The van der Waals surface area contributed by atoms with Crippen molar-refractivity contribution in [3.05, 3.63) is 131 Å². The third kappa shape index (κ3) is 27.1. The first-order valence-corrected chi connectivity index (χ1v) is 29.8. The molecule has 450 valence electrons. The van der Waals surface area contributed by atoms with Crippen molar-refractivity contribution in [2.45, 2.75) is 208 Å². The fraction of sp³-hybridized carbons (Fsp3) is 0.545. The van der Waals surface area contributed by atoms with Crippen LogP contribution in [0.1, 0.15) is 169 Å². The molecule has 6 atom stereocenters. The molecule has 0 heterocycles. The molecule has 6 N–H and O–H groups in total. The number of unbranched alkanes of at least 4 members (excludes halogenated alkanes) is 9. The number of amides is 6. The van der Waals surface area contributed by atoms with Gasteiger partial charge in [-0.25, -0.2) is 9.59 Å². The van der Waals surface area contributed by atoms with Gasteiger partial charge in [-0.3, -0.25) is 19.2 Å². The van der Waals surface area contributed by atoms with Gasteiger partial charge < -0.3 is 50.8 Å². The lowest BCUT2D eigenvalue weighted by Crippen LogP contribution is -2.56. The van der Waals surface area contributed by atoms with Gasteiger partial charge in [-0.1, -0.05) is 177 Å². The predicted molar refractivity (Wildman–Crippen MR) is 323 cm³/mol. The van der Waals surface area contributed by atoms with E-state index in [0.29, 0.717) is 50.6 Å². The molecule has 4 rings (SSSR count). The van der Waals surface area contributed by atoms with Crippen LogP contribution in [0.5, 0.6) is 11.5 Å². The summed E-state index contributed by atoms with van der Waals surface area (Å²) in [4.78, 5) is 80.9. The van der Waals surface area contributed by atoms with Gasteiger partial charge >= 0.3 is 12.2 Å². The van der Waals surface area contributed by atoms with Crippen molar-refractivity contribution in [3.8, 4) is 11.5 Å². The third-order valence-electron chi connectivity index (χ3n) is 14.0. The molecule has 0 aliphatic rings. The number of alkyl carbamates (subject to hydrolysis) is 2. The van der Waals surface area contributed by atoms with Crippen LogP contribution in [0.15, 0.2) is 109 Å². The molecule has 0 saturated carbocycles. The molecular weight excluding hydrogens is 1040 g/mol. The van der Waals surface area contributed by atoms with Crippen molar-refractivity contribution in [2.24, 2.45) is 11.8 Å². The molecule has 82 heavy (non-hydrogen) atoms. The maximum atomic E-state index is 13.9. The van der Waals surface area contributed by atoms with Crippen molar-refractivity contribution >= 4 is 35.8 Å². The Balaban J connectivity index is 1.14. The van der Waals surface area contributed by atoms with E-state index >= 15 is 0 Å². The number of carbonyl (C=O) groups excluding carboxylic acids is 6. The van der Waals surface area contributed by atoms with E-state index < -0.39 is 59.4 Å². The van der Waals surface area contributed by atoms with Crippen molar-refractivity contribution in [1.29, 1.82) is 0 Å². The van der Waals surface area contributed by atoms with Crippen molar-refractivity contribution < 1.29 is 47.7 Å². The number of hydrogen-bond acceptors (Lipinski definition) is 10. The van der Waals surface area contributed by atoms with E-state index in [2.05, 4.69) is 31.9 Å². The summed E-state index contributed by atoms with van der Waals surface area (Å²) >= 11 is 0. The summed E-state index contributed by atoms with van der Waals surface area (Å²) in [5.74, 6) is -0.409. The lowest BCUT2D eigenvalue weighted by Gasteiger charge is -2.27. The Morgan fingerprint density at radius 3 is 1.02 bits per heavy atom. The van der Waals surface area contributed by atoms with Crippen LogP contribution in [0.4, 0.5) is 9.59 Å². The largest absolute Gasteiger partial charge is 0.489 e. The van der Waals surface area contributed by atoms with E-state index in [1.54, 1.807) is 41.5 Å². The molecule has 16 heteroatoms. The highest BCUT2D eigenvalue weighted by atomic mass is 16.6. The van der Waals surface area contributed by atoms with Crippen LogP contribution < -0.4 is 41.4 Å². The summed E-state index contributed by atoms with van der Waals surface area (Å²) in [5.41, 5.74) is 2.15. The molecule has 0 unspecified atom stereocenters. The van der Waals surface area contributed by atoms with E-state index in [4.69, 9.17) is 18.9 Å². The standard InChI is InChI=1S/C66H96N6O10/c1-11-47(3)57(71-59(73)55(69-63(77)81-65(5,6)7)43-49-33-37-53(38-34-49)79-45-51-29-23-21-24-30-51)61(75)67-41-27-19-17-15-13-14-16-18-20-28-42-68-62(76)58(48(4)12-2)72-60(74)56(70-64(78)82-66(8,9)10)44-50-35-39-54(40-36-50)80-46-52-31-25-22-26-32-52/h21-26,29-40,47-48,55-58H,11-20,27-28,41-46H2,1-10H3,(H,67,75)(H,68,76)(H,69,77)(H,70,78)(H,71,73)(H,72,74)/t47-,48-,55-,56-,57-,58-/m0/s1. The first-order chi connectivity index (χ1) is 39.1. The fourth-order valence-electron chi connectivity index (χ4n) is 8.93. The van der Waals surface area contributed by atoms with Crippen LogP contribution >= 0.6 is 0 Å². The summed E-state index contributed by atoms with van der Waals surface area (Å²) in [6.45, 7) is 20.2. The summed E-state index contributed by atoms with van der Waals surface area (Å²) in [6, 6.07) is 30.9. The SMILES string of the molecule is CC[C@H](C)[C@H](NC(=O)[C@H](Cc1ccc(OCc2ccccc2)cc1)NC(=O)OC(C)(C)C)C(=O)NCCCCCCCCCCCCNC(=O)[C@@H](NC(=O)[C@H](Cc1ccc(OCc2ccccc2)cc1)NC(=O)OC(C)(C)C)[C@@H](C)CC. The summed E-state index contributed by atoms with van der Waals surface area (Å²) in [5, 5.41) is 17.5. The molecule has 0 aliphatic heterocycles. The highest BCUT2D eigenvalue weighted by Crippen LogP contribution is 2.20. The molecule has 0 bridgehead atoms. The number of carbonyl (C=O) groups is 6. The normalized spacial score (nSPS) is 13.6. The third-order valence-corrected chi connectivity index (χ3v) is 14.0. The van der Waals surface area contributed by atoms with E-state index in [1.165, 1.54) is 0 Å². The first kappa shape index (κ1) is 67.4. The quantitative estimate of drug-likeness (QED) is 0.0240. The maximum Gasteiger partial charge on any atom is 0.408 e.